The quantitative estimate of drug-likeness (QED) is 0.479. The fraction of sp³-hybridized carbons (Fsp3) is 0. The lowest BCUT2D eigenvalue weighted by atomic mass is 10.2. The number of nitrogens with zero attached hydrogens (tertiary/aromatic N) is 1. The van der Waals surface area contributed by atoms with E-state index in [-0.39, 0.29) is 16.5 Å². The van der Waals surface area contributed by atoms with Gasteiger partial charge in [0.25, 0.3) is 5.69 Å². The van der Waals surface area contributed by atoms with Crippen LogP contribution in [-0.4, -0.2) is 10.0 Å². The van der Waals surface area contributed by atoms with Crippen LogP contribution in [0.3, 0.4) is 0 Å². The molecule has 0 radical (unpaired) electrons. The van der Waals surface area contributed by atoms with Crippen LogP contribution >= 0.6 is 28.1 Å². The van der Waals surface area contributed by atoms with E-state index >= 15 is 0 Å². The molecule has 2 aromatic carbocycles. The summed E-state index contributed by atoms with van der Waals surface area (Å²) in [5.41, 5.74) is 0.436. The molecule has 5 nitrogen and oxygen atoms in total. The topological polar surface area (TPSA) is 67.2 Å². The Morgan fingerprint density at radius 3 is 2.48 bits per heavy atom. The highest BCUT2D eigenvalue weighted by Gasteiger charge is 2.11. The fourth-order valence-corrected chi connectivity index (χ4v) is 2.03. The molecule has 8 heteroatoms. The van der Waals surface area contributed by atoms with Gasteiger partial charge in [-0.15, -0.1) is 0 Å². The van der Waals surface area contributed by atoms with Crippen LogP contribution in [0.25, 0.3) is 0 Å². The summed E-state index contributed by atoms with van der Waals surface area (Å²) in [6.07, 6.45) is 0. The normalized spacial score (nSPS) is 10.0. The second kappa shape index (κ2) is 6.59. The number of nitro groups is 1. The number of nitro benzene ring substituents is 1. The van der Waals surface area contributed by atoms with E-state index in [1.807, 2.05) is 12.1 Å². The van der Waals surface area contributed by atoms with E-state index in [9.17, 15) is 14.5 Å². The highest BCUT2D eigenvalue weighted by atomic mass is 79.9. The van der Waals surface area contributed by atoms with Crippen LogP contribution in [0.5, 0.6) is 0 Å². The minimum atomic E-state index is -0.624. The SMILES string of the molecule is O=[N+]([O-])c1ccc(F)c(NC(=S)Nc2ccc(Br)cc2)c1. The van der Waals surface area contributed by atoms with Crippen molar-refractivity contribution in [2.75, 3.05) is 10.6 Å². The first-order valence-corrected chi connectivity index (χ1v) is 6.93. The second-order valence-electron chi connectivity index (χ2n) is 4.01. The van der Waals surface area contributed by atoms with E-state index in [1.165, 1.54) is 0 Å². The van der Waals surface area contributed by atoms with Crippen molar-refractivity contribution >= 4 is 50.3 Å². The highest BCUT2D eigenvalue weighted by Crippen LogP contribution is 2.21. The Balaban J connectivity index is 2.10. The van der Waals surface area contributed by atoms with Gasteiger partial charge in [-0.05, 0) is 42.5 Å². The van der Waals surface area contributed by atoms with E-state index < -0.39 is 10.7 Å². The molecule has 21 heavy (non-hydrogen) atoms. The predicted molar refractivity (Wildman–Crippen MR) is 87.0 cm³/mol. The Bertz CT molecular complexity index is 694. The molecule has 0 fully saturated rings. The smallest absolute Gasteiger partial charge is 0.271 e. The van der Waals surface area contributed by atoms with Crippen molar-refractivity contribution in [3.63, 3.8) is 0 Å². The summed E-state index contributed by atoms with van der Waals surface area (Å²) in [6.45, 7) is 0. The molecule has 0 aromatic heterocycles. The number of halogens is 2. The maximum atomic E-state index is 13.6. The zero-order valence-corrected chi connectivity index (χ0v) is 12.9. The van der Waals surface area contributed by atoms with Crippen LogP contribution in [0.2, 0.25) is 0 Å². The first-order valence-electron chi connectivity index (χ1n) is 5.73. The minimum absolute atomic E-state index is 0.0567. The molecule has 2 rings (SSSR count). The molecule has 0 aliphatic heterocycles. The number of non-ortho nitro benzene ring substituents is 1. The first kappa shape index (κ1) is 15.3. The molecule has 2 N–H and O–H groups in total. The van der Waals surface area contributed by atoms with E-state index in [1.54, 1.807) is 12.1 Å². The number of thiocarbonyl (C=S) groups is 1. The maximum Gasteiger partial charge on any atom is 0.271 e. The third-order valence-corrected chi connectivity index (χ3v) is 3.24. The minimum Gasteiger partial charge on any atom is -0.332 e. The summed E-state index contributed by atoms with van der Waals surface area (Å²) >= 11 is 8.36. The average molecular weight is 370 g/mol. The Morgan fingerprint density at radius 1 is 1.19 bits per heavy atom. The van der Waals surface area contributed by atoms with Crippen molar-refractivity contribution in [1.82, 2.24) is 0 Å². The molecule has 108 valence electrons. The third-order valence-electron chi connectivity index (χ3n) is 2.51. The van der Waals surface area contributed by atoms with E-state index in [2.05, 4.69) is 26.6 Å². The van der Waals surface area contributed by atoms with Crippen molar-refractivity contribution in [3.8, 4) is 0 Å². The molecule has 0 unspecified atom stereocenters. The maximum absolute atomic E-state index is 13.6. The van der Waals surface area contributed by atoms with E-state index in [0.717, 1.165) is 22.7 Å². The van der Waals surface area contributed by atoms with Gasteiger partial charge in [0.2, 0.25) is 0 Å². The summed E-state index contributed by atoms with van der Waals surface area (Å²) in [6, 6.07) is 10.4. The zero-order chi connectivity index (χ0) is 15.4. The van der Waals surface area contributed by atoms with Crippen LogP contribution < -0.4 is 10.6 Å². The molecule has 0 amide bonds. The van der Waals surface area contributed by atoms with Crippen LogP contribution in [0.1, 0.15) is 0 Å². The number of hydrogen-bond acceptors (Lipinski definition) is 3. The van der Waals surface area contributed by atoms with Gasteiger partial charge in [0.05, 0.1) is 10.6 Å². The molecule has 0 spiro atoms. The Hall–Kier alpha value is -2.06. The standard InChI is InChI=1S/C13H9BrFN3O2S/c14-8-1-3-9(4-2-8)16-13(21)17-12-7-10(18(19)20)5-6-11(12)15/h1-7H,(H2,16,17,21). The van der Waals surface area contributed by atoms with Gasteiger partial charge < -0.3 is 10.6 Å². The molecule has 2 aromatic rings. The molecule has 0 aliphatic rings. The summed E-state index contributed by atoms with van der Waals surface area (Å²) in [5.74, 6) is -0.624. The second-order valence-corrected chi connectivity index (χ2v) is 5.33. The number of nitrogens with one attached hydrogen (secondary N) is 2. The zero-order valence-electron chi connectivity index (χ0n) is 10.5. The summed E-state index contributed by atoms with van der Waals surface area (Å²) in [7, 11) is 0. The lowest BCUT2D eigenvalue weighted by Crippen LogP contribution is -2.19. The van der Waals surface area contributed by atoms with Gasteiger partial charge in [-0.25, -0.2) is 4.39 Å². The molecule has 0 saturated carbocycles. The molecule has 0 aliphatic carbocycles. The lowest BCUT2D eigenvalue weighted by Gasteiger charge is -2.11. The van der Waals surface area contributed by atoms with Crippen molar-refractivity contribution in [1.29, 1.82) is 0 Å². The summed E-state index contributed by atoms with van der Waals surface area (Å²) in [5, 5.41) is 16.3. The number of rotatable bonds is 3. The summed E-state index contributed by atoms with van der Waals surface area (Å²) in [4.78, 5) is 10.1. The van der Waals surface area contributed by atoms with E-state index in [4.69, 9.17) is 12.2 Å². The van der Waals surface area contributed by atoms with Crippen LogP contribution in [0, 0.1) is 15.9 Å². The molecule has 0 heterocycles. The largest absolute Gasteiger partial charge is 0.332 e. The predicted octanol–water partition coefficient (Wildman–Crippen LogP) is 4.31. The molecular weight excluding hydrogens is 361 g/mol. The van der Waals surface area contributed by atoms with Gasteiger partial charge in [0, 0.05) is 22.3 Å². The van der Waals surface area contributed by atoms with Gasteiger partial charge in [-0.3, -0.25) is 10.1 Å². The van der Waals surface area contributed by atoms with Crippen molar-refractivity contribution in [2.45, 2.75) is 0 Å². The first-order chi connectivity index (χ1) is 9.95. The fourth-order valence-electron chi connectivity index (χ4n) is 1.54. The van der Waals surface area contributed by atoms with Crippen LogP contribution in [0.4, 0.5) is 21.5 Å². The van der Waals surface area contributed by atoms with Crippen molar-refractivity contribution < 1.29 is 9.31 Å². The van der Waals surface area contributed by atoms with Gasteiger partial charge in [0.1, 0.15) is 5.82 Å². The Kier molecular flexibility index (Phi) is 4.81. The lowest BCUT2D eigenvalue weighted by molar-refractivity contribution is -0.384. The van der Waals surface area contributed by atoms with Gasteiger partial charge >= 0.3 is 0 Å². The van der Waals surface area contributed by atoms with E-state index in [0.29, 0.717) is 5.69 Å². The van der Waals surface area contributed by atoms with Crippen molar-refractivity contribution in [2.24, 2.45) is 0 Å². The van der Waals surface area contributed by atoms with Crippen molar-refractivity contribution in [3.05, 3.63) is 62.9 Å². The highest BCUT2D eigenvalue weighted by molar-refractivity contribution is 9.10. The average Bonchev–Trinajstić information content (AvgIpc) is 2.43. The van der Waals surface area contributed by atoms with Gasteiger partial charge in [-0.1, -0.05) is 15.9 Å². The monoisotopic (exact) mass is 369 g/mol. The number of anilines is 2. The van der Waals surface area contributed by atoms with Crippen LogP contribution in [-0.2, 0) is 0 Å². The van der Waals surface area contributed by atoms with Gasteiger partial charge in [-0.2, -0.15) is 0 Å². The third kappa shape index (κ3) is 4.20. The summed E-state index contributed by atoms with van der Waals surface area (Å²) < 4.78 is 14.5. The van der Waals surface area contributed by atoms with Crippen LogP contribution in [0.15, 0.2) is 46.9 Å². The molecule has 0 saturated heterocycles. The van der Waals surface area contributed by atoms with Gasteiger partial charge in [0.15, 0.2) is 5.11 Å². The number of hydrogen-bond donors (Lipinski definition) is 2. The molecule has 0 bridgehead atoms. The Morgan fingerprint density at radius 2 is 1.86 bits per heavy atom. The number of benzene rings is 2. The Labute approximate surface area is 133 Å². The molecule has 0 atom stereocenters. The molecular formula is C13H9BrFN3O2S.